The monoisotopic (exact) mass is 394 g/mol. The fourth-order valence-corrected chi connectivity index (χ4v) is 3.15. The normalized spacial score (nSPS) is 13.0. The summed E-state index contributed by atoms with van der Waals surface area (Å²) in [6.45, 7) is 12.1. The van der Waals surface area contributed by atoms with Crippen molar-refractivity contribution in [2.45, 2.75) is 58.3 Å². The number of amides is 2. The fraction of sp³-hybridized carbons (Fsp3) is 0.526. The van der Waals surface area contributed by atoms with E-state index in [1.54, 1.807) is 18.2 Å². The summed E-state index contributed by atoms with van der Waals surface area (Å²) in [5.41, 5.74) is 0.751. The molecule has 0 aliphatic carbocycles. The van der Waals surface area contributed by atoms with E-state index < -0.39 is 26.2 Å². The van der Waals surface area contributed by atoms with Crippen molar-refractivity contribution in [1.29, 1.82) is 0 Å². The first kappa shape index (κ1) is 22.8. The molecule has 0 bridgehead atoms. The Hall–Kier alpha value is -2.19. The van der Waals surface area contributed by atoms with Crippen molar-refractivity contribution in [2.75, 3.05) is 11.9 Å². The Morgan fingerprint density at radius 2 is 1.85 bits per heavy atom. The number of carbonyl (C=O) groups excluding carboxylic acids is 2. The van der Waals surface area contributed by atoms with Crippen molar-refractivity contribution in [1.82, 2.24) is 5.32 Å². The third-order valence-corrected chi connectivity index (χ3v) is 9.26. The maximum Gasteiger partial charge on any atom is 0.326 e. The minimum atomic E-state index is -1.98. The van der Waals surface area contributed by atoms with Gasteiger partial charge in [0, 0.05) is 31.2 Å². The molecule has 0 saturated carbocycles. The lowest BCUT2D eigenvalue weighted by Gasteiger charge is -2.36. The fourth-order valence-electron chi connectivity index (χ4n) is 2.09. The van der Waals surface area contributed by atoms with Crippen molar-refractivity contribution in [3.05, 3.63) is 29.8 Å². The highest BCUT2D eigenvalue weighted by Gasteiger charge is 2.37. The third kappa shape index (κ3) is 7.14. The van der Waals surface area contributed by atoms with E-state index in [2.05, 4.69) is 44.5 Å². The molecular formula is C19H30N2O5Si. The summed E-state index contributed by atoms with van der Waals surface area (Å²) in [6, 6.07) is 5.29. The summed E-state index contributed by atoms with van der Waals surface area (Å²) >= 11 is 0. The number of carboxylic acid groups (broad SMARTS) is 1. The summed E-state index contributed by atoms with van der Waals surface area (Å²) in [4.78, 5) is 35.0. The smallest absolute Gasteiger partial charge is 0.326 e. The number of carbonyl (C=O) groups is 3. The molecule has 2 amide bonds. The van der Waals surface area contributed by atoms with Crippen molar-refractivity contribution < 1.29 is 23.9 Å². The van der Waals surface area contributed by atoms with Gasteiger partial charge in [-0.25, -0.2) is 4.79 Å². The number of nitrogens with one attached hydrogen (secondary N) is 2. The predicted octanol–water partition coefficient (Wildman–Crippen LogP) is 3.24. The van der Waals surface area contributed by atoms with Crippen molar-refractivity contribution in [2.24, 2.45) is 0 Å². The molecule has 1 rings (SSSR count). The van der Waals surface area contributed by atoms with E-state index in [0.717, 1.165) is 0 Å². The zero-order valence-electron chi connectivity index (χ0n) is 16.9. The van der Waals surface area contributed by atoms with Gasteiger partial charge in [-0.05, 0) is 36.3 Å². The maximum atomic E-state index is 12.4. The average Bonchev–Trinajstić information content (AvgIpc) is 2.52. The molecular weight excluding hydrogens is 364 g/mol. The first-order valence-corrected chi connectivity index (χ1v) is 11.8. The SMILES string of the molecule is CC(=O)Nc1cccc(C(=O)N[C@H](CCO[Si](C)(C)C(C)(C)C)C(=O)O)c1. The Balaban J connectivity index is 2.73. The van der Waals surface area contributed by atoms with Crippen molar-refractivity contribution >= 4 is 31.8 Å². The van der Waals surface area contributed by atoms with E-state index >= 15 is 0 Å². The van der Waals surface area contributed by atoms with Gasteiger partial charge in [0.05, 0.1) is 0 Å². The van der Waals surface area contributed by atoms with E-state index in [4.69, 9.17) is 4.43 Å². The lowest BCUT2D eigenvalue weighted by Crippen LogP contribution is -2.44. The average molecular weight is 395 g/mol. The van der Waals surface area contributed by atoms with Crippen LogP contribution in [-0.2, 0) is 14.0 Å². The molecule has 0 spiro atoms. The summed E-state index contributed by atoms with van der Waals surface area (Å²) in [7, 11) is -1.98. The van der Waals surface area contributed by atoms with Crippen LogP contribution in [0.5, 0.6) is 0 Å². The molecule has 8 heteroatoms. The summed E-state index contributed by atoms with van der Waals surface area (Å²) in [6.07, 6.45) is 0.180. The van der Waals surface area contributed by atoms with Crippen LogP contribution in [0.2, 0.25) is 18.1 Å². The lowest BCUT2D eigenvalue weighted by molar-refractivity contribution is -0.139. The molecule has 0 fully saturated rings. The van der Waals surface area contributed by atoms with E-state index in [1.165, 1.54) is 13.0 Å². The highest BCUT2D eigenvalue weighted by Crippen LogP contribution is 2.36. The number of aliphatic carboxylic acids is 1. The number of hydrogen-bond donors (Lipinski definition) is 3. The molecule has 0 unspecified atom stereocenters. The Kier molecular flexibility index (Phi) is 7.73. The van der Waals surface area contributed by atoms with Gasteiger partial charge in [-0.3, -0.25) is 9.59 Å². The molecule has 0 aromatic heterocycles. The van der Waals surface area contributed by atoms with E-state index in [9.17, 15) is 19.5 Å². The van der Waals surface area contributed by atoms with Crippen LogP contribution in [0.3, 0.4) is 0 Å². The number of rotatable bonds is 8. The van der Waals surface area contributed by atoms with Gasteiger partial charge in [0.2, 0.25) is 5.91 Å². The number of carboxylic acids is 1. The van der Waals surface area contributed by atoms with Gasteiger partial charge in [-0.15, -0.1) is 0 Å². The molecule has 3 N–H and O–H groups in total. The number of anilines is 1. The van der Waals surface area contributed by atoms with Crippen LogP contribution in [0.1, 0.15) is 44.5 Å². The summed E-state index contributed by atoms with van der Waals surface area (Å²) in [5, 5.41) is 14.6. The van der Waals surface area contributed by atoms with E-state index in [-0.39, 0.29) is 29.5 Å². The Morgan fingerprint density at radius 1 is 1.22 bits per heavy atom. The molecule has 150 valence electrons. The maximum absolute atomic E-state index is 12.4. The van der Waals surface area contributed by atoms with E-state index in [0.29, 0.717) is 5.69 Å². The van der Waals surface area contributed by atoms with Gasteiger partial charge in [-0.1, -0.05) is 26.8 Å². The molecule has 0 heterocycles. The minimum absolute atomic E-state index is 0.0269. The zero-order chi connectivity index (χ0) is 20.8. The Bertz CT molecular complexity index is 698. The number of benzene rings is 1. The molecule has 0 aliphatic rings. The zero-order valence-corrected chi connectivity index (χ0v) is 17.9. The van der Waals surface area contributed by atoms with Crippen LogP contribution in [0.25, 0.3) is 0 Å². The van der Waals surface area contributed by atoms with Crippen LogP contribution in [-0.4, -0.2) is 43.9 Å². The first-order valence-electron chi connectivity index (χ1n) is 8.89. The highest BCUT2D eigenvalue weighted by molar-refractivity contribution is 6.74. The molecule has 0 aliphatic heterocycles. The summed E-state index contributed by atoms with van der Waals surface area (Å²) < 4.78 is 6.00. The van der Waals surface area contributed by atoms with Crippen LogP contribution in [0.15, 0.2) is 24.3 Å². The van der Waals surface area contributed by atoms with Gasteiger partial charge in [-0.2, -0.15) is 0 Å². The van der Waals surface area contributed by atoms with Gasteiger partial charge >= 0.3 is 5.97 Å². The van der Waals surface area contributed by atoms with Crippen LogP contribution in [0.4, 0.5) is 5.69 Å². The van der Waals surface area contributed by atoms with Gasteiger partial charge in [0.25, 0.3) is 5.91 Å². The Labute approximate surface area is 161 Å². The largest absolute Gasteiger partial charge is 0.480 e. The summed E-state index contributed by atoms with van der Waals surface area (Å²) in [5.74, 6) is -1.87. The van der Waals surface area contributed by atoms with Crippen molar-refractivity contribution in [3.8, 4) is 0 Å². The molecule has 27 heavy (non-hydrogen) atoms. The molecule has 7 nitrogen and oxygen atoms in total. The second-order valence-electron chi connectivity index (χ2n) is 8.02. The number of hydrogen-bond acceptors (Lipinski definition) is 4. The van der Waals surface area contributed by atoms with Crippen molar-refractivity contribution in [3.63, 3.8) is 0 Å². The van der Waals surface area contributed by atoms with Crippen LogP contribution in [0, 0.1) is 0 Å². The second kappa shape index (κ2) is 9.14. The Morgan fingerprint density at radius 3 is 2.37 bits per heavy atom. The third-order valence-electron chi connectivity index (χ3n) is 4.72. The van der Waals surface area contributed by atoms with Crippen LogP contribution >= 0.6 is 0 Å². The van der Waals surface area contributed by atoms with Gasteiger partial charge in [0.15, 0.2) is 8.32 Å². The predicted molar refractivity (Wildman–Crippen MR) is 107 cm³/mol. The lowest BCUT2D eigenvalue weighted by atomic mass is 10.1. The minimum Gasteiger partial charge on any atom is -0.480 e. The van der Waals surface area contributed by atoms with Gasteiger partial charge in [0.1, 0.15) is 6.04 Å². The quantitative estimate of drug-likeness (QED) is 0.587. The molecule has 0 radical (unpaired) electrons. The molecule has 0 saturated heterocycles. The topological polar surface area (TPSA) is 105 Å². The molecule has 1 aromatic carbocycles. The second-order valence-corrected chi connectivity index (χ2v) is 12.8. The standard InChI is InChI=1S/C19H30N2O5Si/c1-13(22)20-15-9-7-8-14(12-15)17(23)21-16(18(24)25)10-11-26-27(5,6)19(2,3)4/h7-9,12,16H,10-11H2,1-6H3,(H,20,22)(H,21,23)(H,24,25)/t16-/m1/s1. The van der Waals surface area contributed by atoms with Gasteiger partial charge < -0.3 is 20.2 Å². The van der Waals surface area contributed by atoms with E-state index in [1.807, 2.05) is 0 Å². The molecule has 1 atom stereocenters. The van der Waals surface area contributed by atoms with Crippen LogP contribution < -0.4 is 10.6 Å². The highest BCUT2D eigenvalue weighted by atomic mass is 28.4. The first-order chi connectivity index (χ1) is 12.3. The molecule has 1 aromatic rings.